The monoisotopic (exact) mass is 352 g/mol. The van der Waals surface area contributed by atoms with Gasteiger partial charge >= 0.3 is 0 Å². The lowest BCUT2D eigenvalue weighted by atomic mass is 10.1. The smallest absolute Gasteiger partial charge is 0.270 e. The molecule has 1 atom stereocenters. The number of anilines is 2. The molecule has 1 N–H and O–H groups in total. The summed E-state index contributed by atoms with van der Waals surface area (Å²) in [6.45, 7) is 3.85. The molecule has 4 rings (SSSR count). The maximum atomic E-state index is 12.4. The first-order valence-electron chi connectivity index (χ1n) is 9.33. The van der Waals surface area contributed by atoms with Crippen LogP contribution in [0.25, 0.3) is 0 Å². The average molecular weight is 352 g/mol. The molecule has 0 unspecified atom stereocenters. The van der Waals surface area contributed by atoms with Crippen LogP contribution in [0, 0.1) is 0 Å². The first-order valence-corrected chi connectivity index (χ1v) is 9.33. The van der Waals surface area contributed by atoms with Crippen LogP contribution in [0.3, 0.4) is 0 Å². The molecule has 26 heavy (non-hydrogen) atoms. The Morgan fingerprint density at radius 1 is 1.00 bits per heavy atom. The number of pyridine rings is 1. The number of carbonyl (C=O) groups is 1. The summed E-state index contributed by atoms with van der Waals surface area (Å²) in [6.07, 6.45) is 7.74. The molecule has 0 radical (unpaired) electrons. The van der Waals surface area contributed by atoms with Crippen molar-refractivity contribution in [2.24, 2.45) is 0 Å². The molecule has 0 aliphatic carbocycles. The van der Waals surface area contributed by atoms with Crippen LogP contribution in [-0.4, -0.2) is 53.1 Å². The van der Waals surface area contributed by atoms with Crippen molar-refractivity contribution in [2.75, 3.05) is 36.0 Å². The normalized spacial score (nSPS) is 20.2. The van der Waals surface area contributed by atoms with Crippen LogP contribution in [0.5, 0.6) is 0 Å². The second-order valence-electron chi connectivity index (χ2n) is 6.90. The van der Waals surface area contributed by atoms with Gasteiger partial charge in [0.1, 0.15) is 23.7 Å². The molecule has 2 aromatic rings. The third-order valence-corrected chi connectivity index (χ3v) is 5.05. The van der Waals surface area contributed by atoms with E-state index in [0.29, 0.717) is 5.69 Å². The van der Waals surface area contributed by atoms with Gasteiger partial charge in [-0.2, -0.15) is 0 Å². The molecule has 7 nitrogen and oxygen atoms in total. The van der Waals surface area contributed by atoms with Crippen LogP contribution in [0.4, 0.5) is 11.6 Å². The Balaban J connectivity index is 1.42. The Morgan fingerprint density at radius 3 is 2.54 bits per heavy atom. The summed E-state index contributed by atoms with van der Waals surface area (Å²) in [4.78, 5) is 29.9. The van der Waals surface area contributed by atoms with E-state index in [-0.39, 0.29) is 11.9 Å². The lowest BCUT2D eigenvalue weighted by Crippen LogP contribution is -2.48. The molecule has 0 spiro atoms. The number of carbonyl (C=O) groups excluding carboxylic acids is 1. The van der Waals surface area contributed by atoms with E-state index >= 15 is 0 Å². The van der Waals surface area contributed by atoms with Gasteiger partial charge in [0.05, 0.1) is 0 Å². The summed E-state index contributed by atoms with van der Waals surface area (Å²) in [5, 5.41) is 3.11. The number of hydrogen-bond acceptors (Lipinski definition) is 6. The Labute approximate surface area is 153 Å². The minimum atomic E-state index is -0.113. The van der Waals surface area contributed by atoms with Crippen molar-refractivity contribution >= 4 is 17.5 Å². The van der Waals surface area contributed by atoms with Gasteiger partial charge in [0.15, 0.2) is 0 Å². The fourth-order valence-corrected chi connectivity index (χ4v) is 3.69. The molecule has 0 bridgehead atoms. The summed E-state index contributed by atoms with van der Waals surface area (Å²) < 4.78 is 0. The molecule has 0 saturated carbocycles. The second kappa shape index (κ2) is 7.68. The van der Waals surface area contributed by atoms with Crippen molar-refractivity contribution in [1.82, 2.24) is 20.3 Å². The first kappa shape index (κ1) is 16.8. The molecule has 2 aliphatic heterocycles. The van der Waals surface area contributed by atoms with Gasteiger partial charge in [-0.05, 0) is 37.8 Å². The lowest BCUT2D eigenvalue weighted by Gasteiger charge is -2.34. The molecule has 4 heterocycles. The van der Waals surface area contributed by atoms with Gasteiger partial charge < -0.3 is 15.1 Å². The molecular weight excluding hydrogens is 328 g/mol. The summed E-state index contributed by atoms with van der Waals surface area (Å²) >= 11 is 0. The number of nitrogens with zero attached hydrogens (tertiary/aromatic N) is 5. The summed E-state index contributed by atoms with van der Waals surface area (Å²) in [5.41, 5.74) is 0.461. The molecule has 2 aliphatic rings. The van der Waals surface area contributed by atoms with Crippen LogP contribution < -0.4 is 15.1 Å². The number of amides is 1. The highest BCUT2D eigenvalue weighted by Gasteiger charge is 2.24. The van der Waals surface area contributed by atoms with Crippen LogP contribution >= 0.6 is 0 Å². The predicted octanol–water partition coefficient (Wildman–Crippen LogP) is 1.87. The highest BCUT2D eigenvalue weighted by atomic mass is 16.1. The van der Waals surface area contributed by atoms with E-state index in [1.807, 2.05) is 12.1 Å². The predicted molar refractivity (Wildman–Crippen MR) is 100 cm³/mol. The summed E-state index contributed by atoms with van der Waals surface area (Å²) in [7, 11) is 0. The highest BCUT2D eigenvalue weighted by molar-refractivity contribution is 5.92. The zero-order valence-corrected chi connectivity index (χ0v) is 14.8. The van der Waals surface area contributed by atoms with Crippen LogP contribution in [0.15, 0.2) is 36.8 Å². The number of nitrogens with one attached hydrogen (secondary N) is 1. The van der Waals surface area contributed by atoms with Gasteiger partial charge in [-0.1, -0.05) is 6.07 Å². The van der Waals surface area contributed by atoms with Gasteiger partial charge in [-0.3, -0.25) is 9.78 Å². The molecule has 136 valence electrons. The fourth-order valence-electron chi connectivity index (χ4n) is 3.69. The average Bonchev–Trinajstić information content (AvgIpc) is 3.24. The third-order valence-electron chi connectivity index (χ3n) is 5.05. The number of rotatable bonds is 4. The number of aromatic nitrogens is 3. The van der Waals surface area contributed by atoms with Crippen molar-refractivity contribution in [2.45, 2.75) is 31.7 Å². The third kappa shape index (κ3) is 3.76. The maximum Gasteiger partial charge on any atom is 0.270 e. The zero-order valence-electron chi connectivity index (χ0n) is 14.8. The minimum Gasteiger partial charge on any atom is -0.356 e. The molecule has 1 amide bonds. The van der Waals surface area contributed by atoms with Crippen LogP contribution in [0.1, 0.15) is 36.2 Å². The van der Waals surface area contributed by atoms with Gasteiger partial charge in [-0.15, -0.1) is 0 Å². The molecule has 0 aromatic carbocycles. The quantitative estimate of drug-likeness (QED) is 0.905. The van der Waals surface area contributed by atoms with E-state index in [1.54, 1.807) is 18.6 Å². The molecular formula is C19H24N6O. The molecule has 7 heteroatoms. The van der Waals surface area contributed by atoms with E-state index in [9.17, 15) is 4.79 Å². The molecule has 2 aromatic heterocycles. The van der Waals surface area contributed by atoms with Crippen molar-refractivity contribution < 1.29 is 4.79 Å². The Morgan fingerprint density at radius 2 is 1.77 bits per heavy atom. The van der Waals surface area contributed by atoms with Gasteiger partial charge in [-0.25, -0.2) is 9.97 Å². The van der Waals surface area contributed by atoms with Crippen molar-refractivity contribution in [1.29, 1.82) is 0 Å². The maximum absolute atomic E-state index is 12.4. The van der Waals surface area contributed by atoms with E-state index in [4.69, 9.17) is 0 Å². The largest absolute Gasteiger partial charge is 0.356 e. The summed E-state index contributed by atoms with van der Waals surface area (Å²) in [6, 6.07) is 7.56. The Kier molecular flexibility index (Phi) is 4.95. The zero-order chi connectivity index (χ0) is 17.8. The fraction of sp³-hybridized carbons (Fsp3) is 0.474. The highest BCUT2D eigenvalue weighted by Crippen LogP contribution is 2.23. The van der Waals surface area contributed by atoms with Gasteiger partial charge in [0.25, 0.3) is 5.91 Å². The Bertz CT molecular complexity index is 747. The van der Waals surface area contributed by atoms with Crippen molar-refractivity contribution in [3.8, 4) is 0 Å². The number of hydrogen-bond donors (Lipinski definition) is 1. The van der Waals surface area contributed by atoms with E-state index in [2.05, 4.69) is 36.1 Å². The van der Waals surface area contributed by atoms with Crippen LogP contribution in [-0.2, 0) is 0 Å². The van der Waals surface area contributed by atoms with Crippen molar-refractivity contribution in [3.05, 3.63) is 42.5 Å². The lowest BCUT2D eigenvalue weighted by molar-refractivity contribution is 0.0928. The first-order chi connectivity index (χ1) is 12.8. The summed E-state index contributed by atoms with van der Waals surface area (Å²) in [5.74, 6) is 1.84. The van der Waals surface area contributed by atoms with Crippen molar-refractivity contribution in [3.63, 3.8) is 0 Å². The second-order valence-corrected chi connectivity index (χ2v) is 6.90. The minimum absolute atomic E-state index is 0.100. The topological polar surface area (TPSA) is 74.2 Å². The Hall–Kier alpha value is -2.70. The molecule has 2 saturated heterocycles. The van der Waals surface area contributed by atoms with Crippen LogP contribution in [0.2, 0.25) is 0 Å². The van der Waals surface area contributed by atoms with Gasteiger partial charge in [0, 0.05) is 44.5 Å². The standard InChI is InChI=1S/C19H24N6O/c26-19(16-7-1-2-8-20-16)23-15-6-5-11-25(13-15)18-12-17(21-14-22-18)24-9-3-4-10-24/h1-2,7-8,12,14-15H,3-6,9-11,13H2,(H,23,26)/t15-/m1/s1. The number of piperidine rings is 1. The molecule has 2 fully saturated rings. The van der Waals surface area contributed by atoms with E-state index in [1.165, 1.54) is 12.8 Å². The van der Waals surface area contributed by atoms with E-state index < -0.39 is 0 Å². The SMILES string of the molecule is O=C(N[C@@H]1CCCN(c2cc(N3CCCC3)ncn2)C1)c1ccccn1. The van der Waals surface area contributed by atoms with Gasteiger partial charge in [0.2, 0.25) is 0 Å². The van der Waals surface area contributed by atoms with E-state index in [0.717, 1.165) is 50.7 Å².